The van der Waals surface area contributed by atoms with Crippen molar-refractivity contribution >= 4 is 27.5 Å². The van der Waals surface area contributed by atoms with Crippen LogP contribution < -0.4 is 0 Å². The van der Waals surface area contributed by atoms with Gasteiger partial charge in [-0.25, -0.2) is 12.8 Å². The smallest absolute Gasteiger partial charge is 0.255 e. The maximum atomic E-state index is 14.1. The Morgan fingerprint density at radius 2 is 1.81 bits per heavy atom. The highest BCUT2D eigenvalue weighted by molar-refractivity contribution is 7.98. The SMILES string of the molecule is CSc1ccccc1C(=O)N1CCC(c2ccccc2F)S(=O)(=O)CC1. The molecule has 138 valence electrons. The van der Waals surface area contributed by atoms with Gasteiger partial charge in [-0.05, 0) is 30.9 Å². The summed E-state index contributed by atoms with van der Waals surface area (Å²) < 4.78 is 39.5. The van der Waals surface area contributed by atoms with E-state index in [1.165, 1.54) is 30.0 Å². The Morgan fingerprint density at radius 3 is 2.54 bits per heavy atom. The number of hydrogen-bond donors (Lipinski definition) is 0. The Hall–Kier alpha value is -1.86. The van der Waals surface area contributed by atoms with E-state index in [2.05, 4.69) is 0 Å². The number of sulfone groups is 1. The van der Waals surface area contributed by atoms with Crippen LogP contribution in [0.1, 0.15) is 27.6 Å². The van der Waals surface area contributed by atoms with Crippen LogP contribution in [0.2, 0.25) is 0 Å². The molecule has 1 saturated heterocycles. The van der Waals surface area contributed by atoms with Gasteiger partial charge in [0.05, 0.1) is 16.6 Å². The minimum atomic E-state index is -3.54. The van der Waals surface area contributed by atoms with Crippen LogP contribution in [0.25, 0.3) is 0 Å². The van der Waals surface area contributed by atoms with Crippen LogP contribution in [0.5, 0.6) is 0 Å². The van der Waals surface area contributed by atoms with Crippen molar-refractivity contribution in [1.82, 2.24) is 4.90 Å². The van der Waals surface area contributed by atoms with Gasteiger partial charge in [0.15, 0.2) is 9.84 Å². The van der Waals surface area contributed by atoms with Gasteiger partial charge in [-0.1, -0.05) is 30.3 Å². The largest absolute Gasteiger partial charge is 0.338 e. The summed E-state index contributed by atoms with van der Waals surface area (Å²) in [7, 11) is -3.54. The lowest BCUT2D eigenvalue weighted by atomic mass is 10.1. The zero-order valence-electron chi connectivity index (χ0n) is 14.4. The summed E-state index contributed by atoms with van der Waals surface area (Å²) in [6.07, 6.45) is 2.09. The number of halogens is 1. The van der Waals surface area contributed by atoms with E-state index in [9.17, 15) is 17.6 Å². The predicted molar refractivity (Wildman–Crippen MR) is 102 cm³/mol. The van der Waals surface area contributed by atoms with Crippen molar-refractivity contribution in [2.75, 3.05) is 25.1 Å². The van der Waals surface area contributed by atoms with Crippen LogP contribution in [0.3, 0.4) is 0 Å². The van der Waals surface area contributed by atoms with Gasteiger partial charge in [0.25, 0.3) is 5.91 Å². The molecule has 2 aromatic carbocycles. The molecule has 0 spiro atoms. The number of carbonyl (C=O) groups is 1. The van der Waals surface area contributed by atoms with E-state index in [4.69, 9.17) is 0 Å². The van der Waals surface area contributed by atoms with Crippen molar-refractivity contribution in [2.45, 2.75) is 16.6 Å². The molecule has 2 aromatic rings. The Kier molecular flexibility index (Phi) is 5.67. The fraction of sp³-hybridized carbons (Fsp3) is 0.316. The first kappa shape index (κ1) is 18.9. The van der Waals surface area contributed by atoms with Crippen LogP contribution >= 0.6 is 11.8 Å². The fourth-order valence-electron chi connectivity index (χ4n) is 3.22. The molecule has 7 heteroatoms. The van der Waals surface area contributed by atoms with Crippen molar-refractivity contribution in [3.05, 3.63) is 65.5 Å². The Labute approximate surface area is 157 Å². The highest BCUT2D eigenvalue weighted by atomic mass is 32.2. The summed E-state index contributed by atoms with van der Waals surface area (Å²) in [6, 6.07) is 13.2. The monoisotopic (exact) mass is 393 g/mol. The van der Waals surface area contributed by atoms with Crippen LogP contribution in [0.4, 0.5) is 4.39 Å². The zero-order chi connectivity index (χ0) is 18.7. The molecule has 0 aliphatic carbocycles. The molecule has 1 fully saturated rings. The zero-order valence-corrected chi connectivity index (χ0v) is 16.0. The summed E-state index contributed by atoms with van der Waals surface area (Å²) >= 11 is 1.48. The van der Waals surface area contributed by atoms with Gasteiger partial charge < -0.3 is 4.90 Å². The van der Waals surface area contributed by atoms with Crippen molar-refractivity contribution in [2.24, 2.45) is 0 Å². The molecule has 1 amide bonds. The molecule has 0 N–H and O–H groups in total. The first-order chi connectivity index (χ1) is 12.4. The number of thioether (sulfide) groups is 1. The van der Waals surface area contributed by atoms with Gasteiger partial charge in [0, 0.05) is 23.5 Å². The van der Waals surface area contributed by atoms with E-state index in [0.29, 0.717) is 5.56 Å². The Bertz CT molecular complexity index is 915. The Balaban J connectivity index is 1.87. The molecule has 0 saturated carbocycles. The molecule has 1 unspecified atom stereocenters. The summed E-state index contributed by atoms with van der Waals surface area (Å²) in [6.45, 7) is 0.397. The molecule has 0 bridgehead atoms. The number of hydrogen-bond acceptors (Lipinski definition) is 4. The lowest BCUT2D eigenvalue weighted by Gasteiger charge is -2.21. The molecule has 0 aromatic heterocycles. The molecule has 1 heterocycles. The molecule has 3 rings (SSSR count). The molecular formula is C19H20FNO3S2. The minimum absolute atomic E-state index is 0.120. The second-order valence-corrected chi connectivity index (χ2v) is 9.31. The molecule has 4 nitrogen and oxygen atoms in total. The van der Waals surface area contributed by atoms with Crippen LogP contribution in [0.15, 0.2) is 53.4 Å². The van der Waals surface area contributed by atoms with E-state index in [0.717, 1.165) is 4.90 Å². The van der Waals surface area contributed by atoms with Gasteiger partial charge in [0.2, 0.25) is 0 Å². The summed E-state index contributed by atoms with van der Waals surface area (Å²) in [5.74, 6) is -0.868. The van der Waals surface area contributed by atoms with Crippen LogP contribution in [-0.4, -0.2) is 44.3 Å². The second-order valence-electron chi connectivity index (χ2n) is 6.16. The van der Waals surface area contributed by atoms with Gasteiger partial charge >= 0.3 is 0 Å². The lowest BCUT2D eigenvalue weighted by molar-refractivity contribution is 0.0763. The number of nitrogens with zero attached hydrogens (tertiary/aromatic N) is 1. The first-order valence-corrected chi connectivity index (χ1v) is 11.3. The van der Waals surface area contributed by atoms with Gasteiger partial charge in [-0.3, -0.25) is 4.79 Å². The van der Waals surface area contributed by atoms with E-state index in [-0.39, 0.29) is 36.7 Å². The van der Waals surface area contributed by atoms with Gasteiger partial charge in [0.1, 0.15) is 5.82 Å². The number of carbonyl (C=O) groups excluding carboxylic acids is 1. The molecule has 1 aliphatic rings. The van der Waals surface area contributed by atoms with E-state index < -0.39 is 20.9 Å². The van der Waals surface area contributed by atoms with Gasteiger partial charge in [-0.2, -0.15) is 0 Å². The average molecular weight is 394 g/mol. The maximum Gasteiger partial charge on any atom is 0.255 e. The van der Waals surface area contributed by atoms with Crippen LogP contribution in [0, 0.1) is 5.82 Å². The summed E-state index contributed by atoms with van der Waals surface area (Å²) in [4.78, 5) is 15.3. The fourth-order valence-corrected chi connectivity index (χ4v) is 5.62. The number of benzene rings is 2. The molecule has 1 aliphatic heterocycles. The molecule has 1 atom stereocenters. The first-order valence-electron chi connectivity index (χ1n) is 8.32. The number of rotatable bonds is 3. The number of amides is 1. The van der Waals surface area contributed by atoms with E-state index >= 15 is 0 Å². The average Bonchev–Trinajstić information content (AvgIpc) is 2.80. The highest BCUT2D eigenvalue weighted by Crippen LogP contribution is 2.32. The van der Waals surface area contributed by atoms with Crippen molar-refractivity contribution in [3.63, 3.8) is 0 Å². The van der Waals surface area contributed by atoms with Crippen molar-refractivity contribution < 1.29 is 17.6 Å². The van der Waals surface area contributed by atoms with E-state index in [1.54, 1.807) is 23.1 Å². The van der Waals surface area contributed by atoms with E-state index in [1.807, 2.05) is 18.4 Å². The van der Waals surface area contributed by atoms with Crippen molar-refractivity contribution in [3.8, 4) is 0 Å². The second kappa shape index (κ2) is 7.80. The van der Waals surface area contributed by atoms with Crippen molar-refractivity contribution in [1.29, 1.82) is 0 Å². The minimum Gasteiger partial charge on any atom is -0.338 e. The summed E-state index contributed by atoms with van der Waals surface area (Å²) in [5.41, 5.74) is 0.757. The third kappa shape index (κ3) is 3.78. The maximum absolute atomic E-state index is 14.1. The lowest BCUT2D eigenvalue weighted by Crippen LogP contribution is -2.33. The van der Waals surface area contributed by atoms with Gasteiger partial charge in [-0.15, -0.1) is 11.8 Å². The quantitative estimate of drug-likeness (QED) is 0.749. The third-order valence-corrected chi connectivity index (χ3v) is 7.52. The topological polar surface area (TPSA) is 54.5 Å². The Morgan fingerprint density at radius 1 is 1.12 bits per heavy atom. The normalized spacial score (nSPS) is 19.8. The molecular weight excluding hydrogens is 373 g/mol. The standard InChI is InChI=1S/C19H20FNO3S2/c1-25-17-9-5-3-7-15(17)19(22)21-11-10-18(26(23,24)13-12-21)14-6-2-4-8-16(14)20/h2-9,18H,10-13H2,1H3. The predicted octanol–water partition coefficient (Wildman–Crippen LogP) is 3.55. The highest BCUT2D eigenvalue weighted by Gasteiger charge is 2.34. The molecule has 26 heavy (non-hydrogen) atoms. The van der Waals surface area contributed by atoms with Crippen LogP contribution in [-0.2, 0) is 9.84 Å². The molecule has 0 radical (unpaired) electrons. The summed E-state index contributed by atoms with van der Waals surface area (Å²) in [5, 5.41) is -0.919. The third-order valence-electron chi connectivity index (χ3n) is 4.62.